The molecule has 0 aromatic carbocycles. The number of nitrogens with two attached hydrogens (primary N) is 1. The molecule has 88 valence electrons. The molecule has 0 aliphatic carbocycles. The second-order valence-electron chi connectivity index (χ2n) is 3.87. The number of carbonyl (C=O) groups excluding carboxylic acids is 1. The molecule has 0 radical (unpaired) electrons. The van der Waals surface area contributed by atoms with Gasteiger partial charge in [-0.25, -0.2) is 4.79 Å². The summed E-state index contributed by atoms with van der Waals surface area (Å²) in [6.45, 7) is 0. The Bertz CT molecular complexity index is 383. The van der Waals surface area contributed by atoms with Gasteiger partial charge in [-0.3, -0.25) is 9.69 Å². The molecule has 0 saturated carbocycles. The Labute approximate surface area is 102 Å². The summed E-state index contributed by atoms with van der Waals surface area (Å²) < 4.78 is 0. The molecule has 1 saturated heterocycles. The summed E-state index contributed by atoms with van der Waals surface area (Å²) in [7, 11) is 1.26. The van der Waals surface area contributed by atoms with Gasteiger partial charge >= 0.3 is 5.97 Å². The van der Waals surface area contributed by atoms with Crippen molar-refractivity contribution in [2.75, 3.05) is 5.75 Å². The predicted molar refractivity (Wildman–Crippen MR) is 63.9 cm³/mol. The van der Waals surface area contributed by atoms with Crippen molar-refractivity contribution in [3.8, 4) is 0 Å². The summed E-state index contributed by atoms with van der Waals surface area (Å²) in [5.74, 6) is -0.817. The van der Waals surface area contributed by atoms with E-state index in [-0.39, 0.29) is 17.6 Å². The number of rotatable bonds is 3. The van der Waals surface area contributed by atoms with Gasteiger partial charge in [-0.05, 0) is 18.4 Å². The van der Waals surface area contributed by atoms with Crippen LogP contribution in [0.5, 0.6) is 0 Å². The number of amides is 1. The second-order valence-corrected chi connectivity index (χ2v) is 5.19. The van der Waals surface area contributed by atoms with Crippen molar-refractivity contribution in [2.24, 2.45) is 5.73 Å². The van der Waals surface area contributed by atoms with Gasteiger partial charge in [-0.1, -0.05) is 10.8 Å². The fourth-order valence-corrected chi connectivity index (χ4v) is 3.14. The third-order valence-corrected chi connectivity index (χ3v) is 3.89. The summed E-state index contributed by atoms with van der Waals surface area (Å²) in [6, 6.07) is -0.660. The Kier molecular flexibility index (Phi) is 3.18. The molecule has 2 heterocycles. The van der Waals surface area contributed by atoms with E-state index >= 15 is 0 Å². The maximum absolute atomic E-state index is 11.5. The van der Waals surface area contributed by atoms with E-state index in [9.17, 15) is 9.59 Å². The zero-order valence-electron chi connectivity index (χ0n) is 8.42. The molecule has 2 atom stereocenters. The number of hydrogen-bond donors (Lipinski definition) is 3. The first kappa shape index (κ1) is 11.8. The SMILES string of the molecule is NC1C(=O)N2C(C(=O)O)=C(CSS)CCC12. The Morgan fingerprint density at radius 2 is 2.38 bits per heavy atom. The number of carboxylic acid groups (broad SMARTS) is 1. The smallest absolute Gasteiger partial charge is 0.352 e. The van der Waals surface area contributed by atoms with E-state index in [0.29, 0.717) is 12.2 Å². The summed E-state index contributed by atoms with van der Waals surface area (Å²) >= 11 is 4.01. The molecule has 0 aromatic heterocycles. The van der Waals surface area contributed by atoms with Crippen molar-refractivity contribution in [1.82, 2.24) is 4.90 Å². The van der Waals surface area contributed by atoms with Gasteiger partial charge in [0.25, 0.3) is 0 Å². The summed E-state index contributed by atoms with van der Waals surface area (Å²) in [5, 5.41) is 9.13. The van der Waals surface area contributed by atoms with Crippen LogP contribution in [0, 0.1) is 0 Å². The maximum Gasteiger partial charge on any atom is 0.352 e. The third-order valence-electron chi connectivity index (χ3n) is 3.03. The van der Waals surface area contributed by atoms with Crippen LogP contribution in [0.15, 0.2) is 11.3 Å². The van der Waals surface area contributed by atoms with Crippen LogP contribution in [0.2, 0.25) is 0 Å². The van der Waals surface area contributed by atoms with Crippen LogP contribution in [0.1, 0.15) is 12.8 Å². The van der Waals surface area contributed by atoms with Gasteiger partial charge in [0.1, 0.15) is 11.7 Å². The molecule has 2 rings (SSSR count). The van der Waals surface area contributed by atoms with E-state index in [0.717, 1.165) is 12.0 Å². The van der Waals surface area contributed by atoms with Gasteiger partial charge in [0.2, 0.25) is 5.91 Å². The van der Waals surface area contributed by atoms with Crippen molar-refractivity contribution < 1.29 is 14.7 Å². The first-order valence-corrected chi connectivity index (χ1v) is 6.92. The monoisotopic (exact) mass is 260 g/mol. The standard InChI is InChI=1S/C9H12N2O3S2/c10-6-5-2-1-4(3-16-15)7(9(13)14)11(5)8(6)12/h5-6,15H,1-3,10H2,(H,13,14). The average Bonchev–Trinajstić information content (AvgIpc) is 2.27. The number of thiol groups is 1. The Morgan fingerprint density at radius 1 is 1.69 bits per heavy atom. The quantitative estimate of drug-likeness (QED) is 0.384. The molecule has 1 amide bonds. The van der Waals surface area contributed by atoms with Crippen LogP contribution < -0.4 is 5.73 Å². The number of carbonyl (C=O) groups is 2. The van der Waals surface area contributed by atoms with Crippen molar-refractivity contribution in [2.45, 2.75) is 24.9 Å². The van der Waals surface area contributed by atoms with E-state index in [2.05, 4.69) is 11.7 Å². The normalized spacial score (nSPS) is 28.9. The number of hydrogen-bond acceptors (Lipinski definition) is 5. The topological polar surface area (TPSA) is 83.6 Å². The minimum absolute atomic E-state index is 0.115. The lowest BCUT2D eigenvalue weighted by atomic mass is 9.84. The molecule has 1 fully saturated rings. The highest BCUT2D eigenvalue weighted by molar-refractivity contribution is 8.68. The first-order chi connectivity index (χ1) is 7.57. The van der Waals surface area contributed by atoms with Crippen LogP contribution in [-0.4, -0.2) is 39.7 Å². The number of β-lactam (4-membered cyclic amide) rings is 1. The molecule has 2 aliphatic rings. The van der Waals surface area contributed by atoms with E-state index in [1.807, 2.05) is 0 Å². The molecule has 7 heteroatoms. The van der Waals surface area contributed by atoms with E-state index in [4.69, 9.17) is 10.8 Å². The highest BCUT2D eigenvalue weighted by atomic mass is 33.1. The van der Waals surface area contributed by atoms with Gasteiger partial charge in [-0.15, -0.1) is 11.7 Å². The summed E-state index contributed by atoms with van der Waals surface area (Å²) in [5.41, 5.74) is 6.51. The molecule has 16 heavy (non-hydrogen) atoms. The molecule has 5 nitrogen and oxygen atoms in total. The second kappa shape index (κ2) is 4.31. The molecule has 2 unspecified atom stereocenters. The summed E-state index contributed by atoms with van der Waals surface area (Å²) in [4.78, 5) is 24.0. The minimum atomic E-state index is -1.05. The van der Waals surface area contributed by atoms with Crippen LogP contribution in [0.25, 0.3) is 0 Å². The van der Waals surface area contributed by atoms with Gasteiger partial charge in [0, 0.05) is 5.75 Å². The highest BCUT2D eigenvalue weighted by Gasteiger charge is 2.50. The van der Waals surface area contributed by atoms with Gasteiger partial charge in [-0.2, -0.15) is 0 Å². The number of nitrogens with zero attached hydrogens (tertiary/aromatic N) is 1. The first-order valence-electron chi connectivity index (χ1n) is 4.88. The lowest BCUT2D eigenvalue weighted by Gasteiger charge is -2.48. The fraction of sp³-hybridized carbons (Fsp3) is 0.556. The number of fused-ring (bicyclic) bond motifs is 1. The zero-order valence-corrected chi connectivity index (χ0v) is 10.1. The number of carboxylic acids is 1. The zero-order chi connectivity index (χ0) is 11.9. The lowest BCUT2D eigenvalue weighted by molar-refractivity contribution is -0.152. The van der Waals surface area contributed by atoms with E-state index < -0.39 is 12.0 Å². The van der Waals surface area contributed by atoms with Crippen LogP contribution in [0.4, 0.5) is 0 Å². The van der Waals surface area contributed by atoms with Crippen LogP contribution in [-0.2, 0) is 9.59 Å². The van der Waals surface area contributed by atoms with E-state index in [1.165, 1.54) is 15.7 Å². The van der Waals surface area contributed by atoms with Crippen molar-refractivity contribution in [3.05, 3.63) is 11.3 Å². The van der Waals surface area contributed by atoms with Gasteiger partial charge < -0.3 is 10.8 Å². The van der Waals surface area contributed by atoms with Crippen molar-refractivity contribution in [3.63, 3.8) is 0 Å². The minimum Gasteiger partial charge on any atom is -0.477 e. The molecule has 0 spiro atoms. The summed E-state index contributed by atoms with van der Waals surface area (Å²) in [6.07, 6.45) is 1.42. The molecule has 0 bridgehead atoms. The van der Waals surface area contributed by atoms with Crippen molar-refractivity contribution in [1.29, 1.82) is 0 Å². The Morgan fingerprint density at radius 3 is 2.94 bits per heavy atom. The van der Waals surface area contributed by atoms with Crippen LogP contribution >= 0.6 is 22.5 Å². The van der Waals surface area contributed by atoms with Gasteiger partial charge in [0.05, 0.1) is 6.04 Å². The largest absolute Gasteiger partial charge is 0.477 e. The lowest BCUT2D eigenvalue weighted by Crippen LogP contribution is -2.69. The number of aliphatic carboxylic acids is 1. The van der Waals surface area contributed by atoms with Crippen LogP contribution in [0.3, 0.4) is 0 Å². The molecule has 3 N–H and O–H groups in total. The molecular formula is C9H12N2O3S2. The fourth-order valence-electron chi connectivity index (χ4n) is 2.24. The predicted octanol–water partition coefficient (Wildman–Crippen LogP) is 0.235. The third kappa shape index (κ3) is 1.63. The highest BCUT2D eigenvalue weighted by Crippen LogP contribution is 2.37. The molecular weight excluding hydrogens is 248 g/mol. The average molecular weight is 260 g/mol. The van der Waals surface area contributed by atoms with Gasteiger partial charge in [0.15, 0.2) is 0 Å². The maximum atomic E-state index is 11.5. The molecule has 0 aromatic rings. The Hall–Kier alpha value is -0.660. The van der Waals surface area contributed by atoms with Crippen molar-refractivity contribution >= 4 is 34.3 Å². The molecule has 2 aliphatic heterocycles. The Balaban J connectivity index is 2.34. The van der Waals surface area contributed by atoms with E-state index in [1.54, 1.807) is 0 Å².